The lowest BCUT2D eigenvalue weighted by Crippen LogP contribution is -2.37. The van der Waals surface area contributed by atoms with Gasteiger partial charge in [0, 0.05) is 35.5 Å². The van der Waals surface area contributed by atoms with Crippen LogP contribution in [0, 0.1) is 13.8 Å². The van der Waals surface area contributed by atoms with Crippen molar-refractivity contribution in [3.8, 4) is 0 Å². The van der Waals surface area contributed by atoms with E-state index < -0.39 is 5.41 Å². The highest BCUT2D eigenvalue weighted by Gasteiger charge is 2.50. The van der Waals surface area contributed by atoms with E-state index >= 15 is 0 Å². The van der Waals surface area contributed by atoms with Crippen molar-refractivity contribution in [3.05, 3.63) is 93.8 Å². The molecule has 1 amide bonds. The van der Waals surface area contributed by atoms with Crippen LogP contribution >= 0.6 is 0 Å². The summed E-state index contributed by atoms with van der Waals surface area (Å²) in [6.07, 6.45) is 5.14. The molecule has 4 N–H and O–H groups in total. The number of nitrogens with one attached hydrogen (secondary N) is 2. The Balaban J connectivity index is 1.72. The van der Waals surface area contributed by atoms with Crippen LogP contribution in [0.4, 0.5) is 5.69 Å². The Labute approximate surface area is 170 Å². The maximum atomic E-state index is 13.3. The van der Waals surface area contributed by atoms with E-state index in [2.05, 4.69) is 72.7 Å². The van der Waals surface area contributed by atoms with Crippen molar-refractivity contribution >= 4 is 17.7 Å². The highest BCUT2D eigenvalue weighted by atomic mass is 16.2. The molecule has 1 aliphatic heterocycles. The molecular weight excluding hydrogens is 358 g/mol. The summed E-state index contributed by atoms with van der Waals surface area (Å²) in [5, 5.41) is 3.11. The topological polar surface area (TPSA) is 70.9 Å². The molecule has 4 heteroatoms. The number of rotatable bonds is 4. The Morgan fingerprint density at radius 1 is 1.10 bits per heavy atom. The first kappa shape index (κ1) is 18.0. The Morgan fingerprint density at radius 2 is 1.93 bits per heavy atom. The van der Waals surface area contributed by atoms with E-state index in [0.717, 1.165) is 28.9 Å². The van der Waals surface area contributed by atoms with Crippen molar-refractivity contribution in [1.82, 2.24) is 4.98 Å². The molecule has 2 unspecified atom stereocenters. The zero-order chi connectivity index (χ0) is 20.2. The molecule has 2 aliphatic rings. The number of aromatic nitrogens is 1. The molecule has 3 aromatic rings. The van der Waals surface area contributed by atoms with Gasteiger partial charge in [0.15, 0.2) is 0 Å². The summed E-state index contributed by atoms with van der Waals surface area (Å²) < 4.78 is 0. The number of hydrogen-bond donors (Lipinski definition) is 3. The quantitative estimate of drug-likeness (QED) is 0.627. The second-order valence-electron chi connectivity index (χ2n) is 8.30. The number of anilines is 1. The van der Waals surface area contributed by atoms with Gasteiger partial charge in [-0.25, -0.2) is 0 Å². The first-order chi connectivity index (χ1) is 14.0. The number of benzene rings is 2. The first-order valence-corrected chi connectivity index (χ1v) is 10.1. The maximum absolute atomic E-state index is 13.3. The van der Waals surface area contributed by atoms with Crippen LogP contribution in [0.15, 0.2) is 54.6 Å². The molecule has 146 valence electrons. The van der Waals surface area contributed by atoms with Crippen molar-refractivity contribution in [2.75, 3.05) is 5.32 Å². The first-order valence-electron chi connectivity index (χ1n) is 10.1. The number of fused-ring (bicyclic) bond motifs is 2. The molecule has 2 atom stereocenters. The van der Waals surface area contributed by atoms with Gasteiger partial charge in [-0.05, 0) is 53.8 Å². The number of aryl methyl sites for hydroxylation is 2. The number of carbonyl (C=O) groups is 1. The molecule has 2 aromatic carbocycles. The van der Waals surface area contributed by atoms with Gasteiger partial charge in [0.2, 0.25) is 5.91 Å². The fraction of sp³-hybridized carbons (Fsp3) is 0.240. The predicted octanol–water partition coefficient (Wildman–Crippen LogP) is 4.33. The normalized spacial score (nSPS) is 21.9. The molecule has 2 heterocycles. The monoisotopic (exact) mass is 383 g/mol. The van der Waals surface area contributed by atoms with Crippen molar-refractivity contribution < 1.29 is 4.79 Å². The minimum atomic E-state index is -0.443. The molecule has 0 bridgehead atoms. The summed E-state index contributed by atoms with van der Waals surface area (Å²) in [5.74, 6) is -0.247. The zero-order valence-corrected chi connectivity index (χ0v) is 16.8. The largest absolute Gasteiger partial charge is 0.362 e. The minimum absolute atomic E-state index is 0.0523. The molecule has 1 aliphatic carbocycles. The third-order valence-electron chi connectivity index (χ3n) is 6.45. The van der Waals surface area contributed by atoms with Crippen LogP contribution in [0.3, 0.4) is 0 Å². The Bertz CT molecular complexity index is 1160. The number of nitrogens with two attached hydrogens (primary N) is 1. The van der Waals surface area contributed by atoms with Gasteiger partial charge < -0.3 is 16.0 Å². The highest BCUT2D eigenvalue weighted by Crippen LogP contribution is 2.52. The van der Waals surface area contributed by atoms with Crippen molar-refractivity contribution in [2.24, 2.45) is 5.73 Å². The zero-order valence-electron chi connectivity index (χ0n) is 16.8. The number of hydrogen-bond acceptors (Lipinski definition) is 2. The van der Waals surface area contributed by atoms with Crippen LogP contribution in [-0.4, -0.2) is 10.9 Å². The molecule has 0 saturated carbocycles. The van der Waals surface area contributed by atoms with Gasteiger partial charge in [0.1, 0.15) is 0 Å². The summed E-state index contributed by atoms with van der Waals surface area (Å²) >= 11 is 0. The fourth-order valence-corrected chi connectivity index (χ4v) is 5.11. The van der Waals surface area contributed by atoms with Crippen molar-refractivity contribution in [3.63, 3.8) is 0 Å². The third kappa shape index (κ3) is 2.67. The van der Waals surface area contributed by atoms with E-state index in [-0.39, 0.29) is 11.8 Å². The third-order valence-corrected chi connectivity index (χ3v) is 6.45. The molecular formula is C25H25N3O. The maximum Gasteiger partial charge on any atom is 0.233 e. The van der Waals surface area contributed by atoms with Crippen LogP contribution in [0.2, 0.25) is 0 Å². The smallest absolute Gasteiger partial charge is 0.233 e. The average Bonchev–Trinajstić information content (AvgIpc) is 3.34. The van der Waals surface area contributed by atoms with Gasteiger partial charge in [-0.3, -0.25) is 4.79 Å². The SMILES string of the molecule is Cc1cc(C)c(CC2(C3C(=O)Nc4ccc(CN)cc43)C=Cc3ccccc32)[nH]1. The van der Waals surface area contributed by atoms with Crippen LogP contribution < -0.4 is 11.1 Å². The Hall–Kier alpha value is -3.11. The van der Waals surface area contributed by atoms with Gasteiger partial charge in [-0.1, -0.05) is 48.6 Å². The molecule has 0 fully saturated rings. The van der Waals surface area contributed by atoms with E-state index in [9.17, 15) is 4.79 Å². The van der Waals surface area contributed by atoms with Gasteiger partial charge in [0.25, 0.3) is 0 Å². The van der Waals surface area contributed by atoms with Gasteiger partial charge in [-0.15, -0.1) is 0 Å². The molecule has 4 nitrogen and oxygen atoms in total. The van der Waals surface area contributed by atoms with Crippen LogP contribution in [0.1, 0.15) is 45.1 Å². The summed E-state index contributed by atoms with van der Waals surface area (Å²) in [4.78, 5) is 16.9. The molecule has 0 spiro atoms. The number of H-pyrrole nitrogens is 1. The summed E-state index contributed by atoms with van der Waals surface area (Å²) in [6, 6.07) is 16.7. The fourth-order valence-electron chi connectivity index (χ4n) is 5.11. The molecule has 0 radical (unpaired) electrons. The van der Waals surface area contributed by atoms with Crippen LogP contribution in [0.25, 0.3) is 6.08 Å². The van der Waals surface area contributed by atoms with Crippen molar-refractivity contribution in [2.45, 2.75) is 38.1 Å². The van der Waals surface area contributed by atoms with Gasteiger partial charge >= 0.3 is 0 Å². The van der Waals surface area contributed by atoms with Crippen LogP contribution in [-0.2, 0) is 23.2 Å². The summed E-state index contributed by atoms with van der Waals surface area (Å²) in [6.45, 7) is 4.67. The van der Waals surface area contributed by atoms with Crippen molar-refractivity contribution in [1.29, 1.82) is 0 Å². The number of amides is 1. The number of allylic oxidation sites excluding steroid dienone is 1. The summed E-state index contributed by atoms with van der Waals surface area (Å²) in [7, 11) is 0. The number of carbonyl (C=O) groups excluding carboxylic acids is 1. The average molecular weight is 383 g/mol. The predicted molar refractivity (Wildman–Crippen MR) is 117 cm³/mol. The Kier molecular flexibility index (Phi) is 4.00. The molecule has 29 heavy (non-hydrogen) atoms. The molecule has 5 rings (SSSR count). The lowest BCUT2D eigenvalue weighted by atomic mass is 9.66. The minimum Gasteiger partial charge on any atom is -0.362 e. The Morgan fingerprint density at radius 3 is 2.69 bits per heavy atom. The van der Waals surface area contributed by atoms with Gasteiger partial charge in [-0.2, -0.15) is 0 Å². The molecule has 0 saturated heterocycles. The van der Waals surface area contributed by atoms with E-state index in [0.29, 0.717) is 6.54 Å². The second-order valence-corrected chi connectivity index (χ2v) is 8.30. The summed E-state index contributed by atoms with van der Waals surface area (Å²) in [5.41, 5.74) is 14.4. The second kappa shape index (κ2) is 6.46. The standard InChI is InChI=1S/C25H25N3O/c1-15-11-16(2)27-22(15)13-25(10-9-18-5-3-4-6-20(18)25)23-19-12-17(14-26)7-8-21(19)28-24(23)29/h3-12,23,27H,13-14,26H2,1-2H3,(H,28,29). The molecule has 1 aromatic heterocycles. The lowest BCUT2D eigenvalue weighted by molar-refractivity contribution is -0.118. The van der Waals surface area contributed by atoms with Crippen LogP contribution in [0.5, 0.6) is 0 Å². The number of aromatic amines is 1. The van der Waals surface area contributed by atoms with Gasteiger partial charge in [0.05, 0.1) is 5.92 Å². The van der Waals surface area contributed by atoms with E-state index in [1.807, 2.05) is 12.1 Å². The van der Waals surface area contributed by atoms with E-state index in [1.165, 1.54) is 22.4 Å². The highest BCUT2D eigenvalue weighted by molar-refractivity contribution is 6.05. The lowest BCUT2D eigenvalue weighted by Gasteiger charge is -2.34. The van der Waals surface area contributed by atoms with E-state index in [4.69, 9.17) is 5.73 Å². The van der Waals surface area contributed by atoms with E-state index in [1.54, 1.807) is 0 Å².